The van der Waals surface area contributed by atoms with Crippen LogP contribution in [0.4, 0.5) is 17.3 Å². The summed E-state index contributed by atoms with van der Waals surface area (Å²) in [6.07, 6.45) is 6.78. The molecule has 0 saturated heterocycles. The van der Waals surface area contributed by atoms with Crippen molar-refractivity contribution in [2.75, 3.05) is 16.4 Å². The molecule has 1 aliphatic carbocycles. The first-order valence-electron chi connectivity index (χ1n) is 7.07. The number of halogens is 1. The van der Waals surface area contributed by atoms with Gasteiger partial charge in [-0.05, 0) is 18.9 Å². The molecule has 20 heavy (non-hydrogen) atoms. The third-order valence-corrected chi connectivity index (χ3v) is 3.54. The molecule has 1 fully saturated rings. The largest absolute Gasteiger partial charge is 1.00 e. The average molecular weight is 299 g/mol. The van der Waals surface area contributed by atoms with Crippen molar-refractivity contribution in [3.8, 4) is 0 Å². The monoisotopic (exact) mass is 298 g/mol. The summed E-state index contributed by atoms with van der Waals surface area (Å²) >= 11 is 0. The third kappa shape index (κ3) is 4.56. The Labute approximate surface area is 126 Å². The van der Waals surface area contributed by atoms with Gasteiger partial charge >= 0.3 is 0 Å². The lowest BCUT2D eigenvalue weighted by atomic mass is 9.95. The summed E-state index contributed by atoms with van der Waals surface area (Å²) in [5.74, 6) is 1.37. The number of carbonyl (C=O) groups excluding carboxylic acids is 1. The maximum absolute atomic E-state index is 11.3. The fraction of sp³-hybridized carbons (Fsp3) is 0.571. The Morgan fingerprint density at radius 1 is 1.35 bits per heavy atom. The highest BCUT2D eigenvalue weighted by Gasteiger charge is 2.17. The molecular weight excluding hydrogens is 276 g/mol. The Hall–Kier alpha value is -1.49. The summed E-state index contributed by atoms with van der Waals surface area (Å²) < 4.78 is 0. The maximum atomic E-state index is 11.3. The van der Waals surface area contributed by atoms with Gasteiger partial charge in [0, 0.05) is 12.5 Å². The topological polar surface area (TPSA) is 81.3 Å². The van der Waals surface area contributed by atoms with Gasteiger partial charge in [-0.3, -0.25) is 4.79 Å². The number of hydrogen-bond acceptors (Lipinski definition) is 3. The Morgan fingerprint density at radius 3 is 2.65 bits per heavy atom. The number of nitrogens with one attached hydrogen (secondary N) is 3. The molecule has 0 atom stereocenters. The molecule has 112 valence electrons. The van der Waals surface area contributed by atoms with E-state index in [-0.39, 0.29) is 18.3 Å². The smallest absolute Gasteiger partial charge is 0.241 e. The van der Waals surface area contributed by atoms with Gasteiger partial charge in [0.2, 0.25) is 17.5 Å². The molecule has 0 spiro atoms. The first-order valence-corrected chi connectivity index (χ1v) is 7.07. The van der Waals surface area contributed by atoms with Crippen molar-refractivity contribution in [3.63, 3.8) is 0 Å². The van der Waals surface area contributed by atoms with Crippen LogP contribution in [0.5, 0.6) is 0 Å². The molecule has 1 aliphatic rings. The highest BCUT2D eigenvalue weighted by atomic mass is 35.5. The van der Waals surface area contributed by atoms with Crippen molar-refractivity contribution < 1.29 is 22.2 Å². The van der Waals surface area contributed by atoms with Crippen LogP contribution in [0.2, 0.25) is 0 Å². The average Bonchev–Trinajstić information content (AvgIpc) is 2.43. The van der Waals surface area contributed by atoms with Crippen LogP contribution in [0.1, 0.15) is 45.4 Å². The first-order chi connectivity index (χ1) is 9.19. The van der Waals surface area contributed by atoms with Gasteiger partial charge in [0.15, 0.2) is 0 Å². The molecule has 1 amide bonds. The lowest BCUT2D eigenvalue weighted by Gasteiger charge is -2.20. The molecule has 0 radical (unpaired) electrons. The number of H-pyrrole nitrogens is 1. The fourth-order valence-electron chi connectivity index (χ4n) is 2.41. The van der Waals surface area contributed by atoms with E-state index >= 15 is 0 Å². The number of aromatic nitrogens is 1. The lowest BCUT2D eigenvalue weighted by Crippen LogP contribution is -3.00. The molecular formula is C14H23ClN4O. The summed E-state index contributed by atoms with van der Waals surface area (Å²) in [4.78, 5) is 14.4. The first kappa shape index (κ1) is 16.6. The molecule has 1 heterocycles. The van der Waals surface area contributed by atoms with Crippen LogP contribution in [-0.4, -0.2) is 11.9 Å². The van der Waals surface area contributed by atoms with E-state index in [2.05, 4.69) is 15.6 Å². The number of nitrogen functional groups attached to an aromatic ring is 1. The number of nitrogens with two attached hydrogens (primary N) is 1. The molecule has 0 bridgehead atoms. The molecule has 2 rings (SSSR count). The van der Waals surface area contributed by atoms with E-state index in [0.717, 1.165) is 5.82 Å². The van der Waals surface area contributed by atoms with Crippen LogP contribution < -0.4 is 33.8 Å². The molecule has 6 heteroatoms. The Balaban J connectivity index is 0.00000200. The van der Waals surface area contributed by atoms with E-state index in [9.17, 15) is 4.79 Å². The van der Waals surface area contributed by atoms with Crippen molar-refractivity contribution in [2.45, 2.75) is 51.5 Å². The standard InChI is InChI=1S/C14H22N4O.ClH/c1-2-13(19)17-11-8-9-12(18-14(11)15)16-10-6-4-3-5-7-10;/h8-10H,2-7H2,1H3,(H,17,19)(H3,15,16,18);1H. The second-order valence-electron chi connectivity index (χ2n) is 5.08. The van der Waals surface area contributed by atoms with Crippen LogP contribution in [0, 0.1) is 0 Å². The fourth-order valence-corrected chi connectivity index (χ4v) is 2.41. The summed E-state index contributed by atoms with van der Waals surface area (Å²) in [5.41, 5.74) is 6.56. The zero-order valence-corrected chi connectivity index (χ0v) is 12.6. The van der Waals surface area contributed by atoms with Gasteiger partial charge < -0.3 is 28.8 Å². The van der Waals surface area contributed by atoms with Crippen LogP contribution in [0.15, 0.2) is 12.1 Å². The minimum absolute atomic E-state index is 0. The van der Waals surface area contributed by atoms with Crippen LogP contribution in [0.3, 0.4) is 0 Å². The molecule has 1 aromatic heterocycles. The summed E-state index contributed by atoms with van der Waals surface area (Å²) in [5, 5.41) is 6.24. The molecule has 0 aliphatic heterocycles. The number of rotatable bonds is 4. The Kier molecular flexibility index (Phi) is 6.58. The Bertz CT molecular complexity index is 447. The summed E-state index contributed by atoms with van der Waals surface area (Å²) in [7, 11) is 0. The molecule has 5 N–H and O–H groups in total. The number of hydrogen-bond donors (Lipinski definition) is 3. The second-order valence-corrected chi connectivity index (χ2v) is 5.08. The van der Waals surface area contributed by atoms with Crippen molar-refractivity contribution >= 4 is 23.2 Å². The van der Waals surface area contributed by atoms with Gasteiger partial charge in [0.05, 0.1) is 6.04 Å². The van der Waals surface area contributed by atoms with Gasteiger partial charge in [-0.1, -0.05) is 26.2 Å². The van der Waals surface area contributed by atoms with Crippen molar-refractivity contribution in [1.29, 1.82) is 0 Å². The molecule has 1 aromatic rings. The lowest BCUT2D eigenvalue weighted by molar-refractivity contribution is -0.342. The zero-order valence-electron chi connectivity index (χ0n) is 11.8. The van der Waals surface area contributed by atoms with Gasteiger partial charge in [-0.25, -0.2) is 4.98 Å². The Morgan fingerprint density at radius 2 is 2.05 bits per heavy atom. The number of amides is 1. The number of anilines is 3. The van der Waals surface area contributed by atoms with Crippen molar-refractivity contribution in [1.82, 2.24) is 0 Å². The van der Waals surface area contributed by atoms with E-state index < -0.39 is 0 Å². The number of carbonyl (C=O) groups is 1. The van der Waals surface area contributed by atoms with Gasteiger partial charge in [0.25, 0.3) is 0 Å². The van der Waals surface area contributed by atoms with Crippen LogP contribution in [-0.2, 0) is 4.79 Å². The quantitative estimate of drug-likeness (QED) is 0.679. The van der Waals surface area contributed by atoms with Gasteiger partial charge in [0.1, 0.15) is 5.69 Å². The van der Waals surface area contributed by atoms with E-state index in [1.54, 1.807) is 0 Å². The summed E-state index contributed by atoms with van der Waals surface area (Å²) in [6, 6.07) is 4.29. The predicted octanol–water partition coefficient (Wildman–Crippen LogP) is -0.820. The minimum atomic E-state index is -0.0342. The highest BCUT2D eigenvalue weighted by molar-refractivity contribution is 5.92. The normalized spacial score (nSPS) is 15.2. The van der Waals surface area contributed by atoms with E-state index in [1.165, 1.54) is 32.1 Å². The van der Waals surface area contributed by atoms with Crippen molar-refractivity contribution in [3.05, 3.63) is 12.1 Å². The van der Waals surface area contributed by atoms with E-state index in [4.69, 9.17) is 5.73 Å². The summed E-state index contributed by atoms with van der Waals surface area (Å²) in [6.45, 7) is 1.81. The second kappa shape index (κ2) is 7.94. The zero-order chi connectivity index (χ0) is 13.7. The SMILES string of the molecule is CCC(=O)Nc1ccc(NC2CCCCC2)[nH+]c1N.[Cl-]. The predicted molar refractivity (Wildman–Crippen MR) is 76.8 cm³/mol. The molecule has 0 aromatic carbocycles. The molecule has 0 unspecified atom stereocenters. The van der Waals surface area contributed by atoms with Crippen molar-refractivity contribution in [2.24, 2.45) is 0 Å². The maximum Gasteiger partial charge on any atom is 0.241 e. The molecule has 1 saturated carbocycles. The van der Waals surface area contributed by atoms with Crippen LogP contribution >= 0.6 is 0 Å². The van der Waals surface area contributed by atoms with E-state index in [0.29, 0.717) is 24.0 Å². The minimum Gasteiger partial charge on any atom is -1.00 e. The van der Waals surface area contributed by atoms with Gasteiger partial charge in [-0.2, -0.15) is 0 Å². The number of aromatic amines is 1. The third-order valence-electron chi connectivity index (χ3n) is 3.54. The van der Waals surface area contributed by atoms with E-state index in [1.807, 2.05) is 19.1 Å². The van der Waals surface area contributed by atoms with Gasteiger partial charge in [-0.15, -0.1) is 0 Å². The van der Waals surface area contributed by atoms with Crippen LogP contribution in [0.25, 0.3) is 0 Å². The number of pyridine rings is 1. The highest BCUT2D eigenvalue weighted by Crippen LogP contribution is 2.21. The molecule has 5 nitrogen and oxygen atoms in total.